The van der Waals surface area contributed by atoms with Gasteiger partial charge in [-0.25, -0.2) is 0 Å². The monoisotopic (exact) mass is 245 g/mol. The van der Waals surface area contributed by atoms with Gasteiger partial charge in [-0.1, -0.05) is 19.6 Å². The average molecular weight is 245 g/mol. The van der Waals surface area contributed by atoms with Gasteiger partial charge in [-0.3, -0.25) is 14.5 Å². The van der Waals surface area contributed by atoms with Crippen molar-refractivity contribution in [1.29, 1.82) is 0 Å². The standard InChI is InChI=1S/C9H11NO3S2/c1-2-5-6(9(13)14)10-7(12)4(3-11)8(10)15-5/h4,8,11H,2-3H2,1H3,(H,13,14)/t4?,8-/m1/s1. The van der Waals surface area contributed by atoms with E-state index in [1.807, 2.05) is 6.92 Å². The number of carbonyl (C=O) groups excluding carboxylic acids is 2. The molecular formula is C9H11NO3S2. The zero-order chi connectivity index (χ0) is 11.2. The molecule has 0 spiro atoms. The minimum Gasteiger partial charge on any atom is -0.395 e. The van der Waals surface area contributed by atoms with Crippen LogP contribution in [-0.2, 0) is 9.59 Å². The van der Waals surface area contributed by atoms with Crippen molar-refractivity contribution in [2.75, 3.05) is 6.61 Å². The predicted octanol–water partition coefficient (Wildman–Crippen LogP) is 0.588. The van der Waals surface area contributed by atoms with Crippen LogP contribution in [0.5, 0.6) is 0 Å². The fourth-order valence-corrected chi connectivity index (χ4v) is 3.63. The fourth-order valence-electron chi connectivity index (χ4n) is 1.87. The lowest BCUT2D eigenvalue weighted by molar-refractivity contribution is -0.149. The number of allylic oxidation sites excluding steroid dienone is 1. The van der Waals surface area contributed by atoms with Crippen LogP contribution in [0.4, 0.5) is 0 Å². The molecular weight excluding hydrogens is 234 g/mol. The maximum atomic E-state index is 11.6. The quantitative estimate of drug-likeness (QED) is 0.564. The maximum Gasteiger partial charge on any atom is 0.236 e. The first kappa shape index (κ1) is 11.0. The van der Waals surface area contributed by atoms with Gasteiger partial charge in [-0.15, -0.1) is 11.8 Å². The van der Waals surface area contributed by atoms with E-state index in [4.69, 9.17) is 5.11 Å². The van der Waals surface area contributed by atoms with Gasteiger partial charge >= 0.3 is 0 Å². The number of β-lactam (4-membered cyclic amide) rings is 1. The van der Waals surface area contributed by atoms with Gasteiger partial charge in [0.25, 0.3) is 0 Å². The molecule has 2 rings (SSSR count). The summed E-state index contributed by atoms with van der Waals surface area (Å²) in [6.45, 7) is 1.78. The molecule has 2 aliphatic heterocycles. The number of carbonyl (C=O) groups is 2. The van der Waals surface area contributed by atoms with Crippen molar-refractivity contribution in [3.63, 3.8) is 0 Å². The third-order valence-electron chi connectivity index (χ3n) is 2.64. The summed E-state index contributed by atoms with van der Waals surface area (Å²) in [5.41, 5.74) is 0.408. The Morgan fingerprint density at radius 1 is 1.67 bits per heavy atom. The number of hydrogen-bond donors (Lipinski definition) is 2. The Labute approximate surface area is 97.1 Å². The van der Waals surface area contributed by atoms with Crippen LogP contribution in [0.15, 0.2) is 10.6 Å². The highest BCUT2D eigenvalue weighted by Gasteiger charge is 2.54. The van der Waals surface area contributed by atoms with E-state index in [0.29, 0.717) is 12.1 Å². The summed E-state index contributed by atoms with van der Waals surface area (Å²) in [7, 11) is 0. The summed E-state index contributed by atoms with van der Waals surface area (Å²) in [6.07, 6.45) is 0.713. The van der Waals surface area contributed by atoms with Gasteiger partial charge in [0.05, 0.1) is 12.5 Å². The lowest BCUT2D eigenvalue weighted by atomic mass is 9.98. The van der Waals surface area contributed by atoms with Crippen molar-refractivity contribution in [3.8, 4) is 0 Å². The Kier molecular flexibility index (Phi) is 2.83. The first-order valence-electron chi connectivity index (χ1n) is 4.68. The predicted molar refractivity (Wildman–Crippen MR) is 60.1 cm³/mol. The molecule has 1 saturated heterocycles. The zero-order valence-electron chi connectivity index (χ0n) is 8.14. The number of amides is 1. The SMILES string of the molecule is CCC1=C(C(=O)S)N2C(=O)C(CO)[C@H]2S1. The van der Waals surface area contributed by atoms with E-state index in [1.165, 1.54) is 16.7 Å². The van der Waals surface area contributed by atoms with Gasteiger partial charge < -0.3 is 5.11 Å². The molecule has 15 heavy (non-hydrogen) atoms. The van der Waals surface area contributed by atoms with Gasteiger partial charge in [0.1, 0.15) is 11.1 Å². The summed E-state index contributed by atoms with van der Waals surface area (Å²) in [5.74, 6) is -0.530. The second-order valence-corrected chi connectivity index (χ2v) is 5.05. The van der Waals surface area contributed by atoms with Crippen molar-refractivity contribution in [3.05, 3.63) is 10.6 Å². The molecule has 0 aromatic carbocycles. The molecule has 0 radical (unpaired) electrons. The highest BCUT2D eigenvalue weighted by Crippen LogP contribution is 2.50. The molecule has 0 bridgehead atoms. The summed E-state index contributed by atoms with van der Waals surface area (Å²) < 4.78 is 0. The van der Waals surface area contributed by atoms with E-state index in [2.05, 4.69) is 12.6 Å². The van der Waals surface area contributed by atoms with E-state index in [1.54, 1.807) is 0 Å². The summed E-state index contributed by atoms with van der Waals surface area (Å²) in [5, 5.41) is 8.54. The topological polar surface area (TPSA) is 57.6 Å². The number of aliphatic hydroxyl groups excluding tert-OH is 1. The molecule has 1 unspecified atom stereocenters. The van der Waals surface area contributed by atoms with Crippen molar-refractivity contribution < 1.29 is 14.7 Å². The van der Waals surface area contributed by atoms with E-state index in [-0.39, 0.29) is 28.9 Å². The molecule has 1 fully saturated rings. The van der Waals surface area contributed by atoms with Crippen LogP contribution in [0.1, 0.15) is 13.3 Å². The van der Waals surface area contributed by atoms with Crippen LogP contribution in [0, 0.1) is 5.92 Å². The van der Waals surface area contributed by atoms with Crippen LogP contribution in [0.3, 0.4) is 0 Å². The van der Waals surface area contributed by atoms with Gasteiger partial charge in [0.15, 0.2) is 0 Å². The van der Waals surface area contributed by atoms with Gasteiger partial charge in [-0.2, -0.15) is 0 Å². The maximum absolute atomic E-state index is 11.6. The molecule has 0 aliphatic carbocycles. The largest absolute Gasteiger partial charge is 0.395 e. The Morgan fingerprint density at radius 2 is 2.33 bits per heavy atom. The number of thiol groups is 1. The van der Waals surface area contributed by atoms with Crippen molar-refractivity contribution in [2.45, 2.75) is 18.7 Å². The van der Waals surface area contributed by atoms with E-state index >= 15 is 0 Å². The third-order valence-corrected chi connectivity index (χ3v) is 4.40. The molecule has 1 N–H and O–H groups in total. The van der Waals surface area contributed by atoms with Gasteiger partial charge in [0, 0.05) is 4.91 Å². The average Bonchev–Trinajstić information content (AvgIpc) is 2.53. The summed E-state index contributed by atoms with van der Waals surface area (Å²) in [6, 6.07) is 0. The van der Waals surface area contributed by atoms with E-state index in [9.17, 15) is 9.59 Å². The zero-order valence-corrected chi connectivity index (χ0v) is 9.85. The van der Waals surface area contributed by atoms with Crippen LogP contribution in [0.2, 0.25) is 0 Å². The number of fused-ring (bicyclic) bond motifs is 1. The Hall–Kier alpha value is -0.460. The number of hydrogen-bond acceptors (Lipinski definition) is 4. The molecule has 4 nitrogen and oxygen atoms in total. The molecule has 1 amide bonds. The minimum atomic E-state index is -0.369. The van der Waals surface area contributed by atoms with E-state index < -0.39 is 0 Å². The Morgan fingerprint density at radius 3 is 2.80 bits per heavy atom. The number of thioether (sulfide) groups is 1. The van der Waals surface area contributed by atoms with Crippen molar-refractivity contribution in [2.24, 2.45) is 5.92 Å². The first-order valence-corrected chi connectivity index (χ1v) is 6.01. The molecule has 82 valence electrons. The highest BCUT2D eigenvalue weighted by atomic mass is 32.2. The molecule has 0 aromatic heterocycles. The van der Waals surface area contributed by atoms with Crippen LogP contribution in [-0.4, -0.2) is 33.0 Å². The molecule has 0 saturated carbocycles. The number of aliphatic hydroxyl groups is 1. The fraction of sp³-hybridized carbons (Fsp3) is 0.556. The Bertz CT molecular complexity index is 366. The number of rotatable bonds is 3. The molecule has 2 aliphatic rings. The molecule has 2 heterocycles. The molecule has 2 atom stereocenters. The van der Waals surface area contributed by atoms with Crippen LogP contribution in [0.25, 0.3) is 0 Å². The first-order chi connectivity index (χ1) is 7.11. The van der Waals surface area contributed by atoms with Crippen LogP contribution >= 0.6 is 24.4 Å². The van der Waals surface area contributed by atoms with Crippen molar-refractivity contribution >= 4 is 35.4 Å². The van der Waals surface area contributed by atoms with Crippen LogP contribution < -0.4 is 0 Å². The minimum absolute atomic E-state index is 0.0939. The lowest BCUT2D eigenvalue weighted by Crippen LogP contribution is -2.58. The molecule has 0 aromatic rings. The number of nitrogens with zero attached hydrogens (tertiary/aromatic N) is 1. The molecule has 6 heteroatoms. The Balaban J connectivity index is 2.29. The normalized spacial score (nSPS) is 29.3. The van der Waals surface area contributed by atoms with Gasteiger partial charge in [-0.05, 0) is 6.42 Å². The van der Waals surface area contributed by atoms with E-state index in [0.717, 1.165) is 4.91 Å². The summed E-state index contributed by atoms with van der Waals surface area (Å²) in [4.78, 5) is 25.2. The highest BCUT2D eigenvalue weighted by molar-refractivity contribution is 8.04. The van der Waals surface area contributed by atoms with Gasteiger partial charge in [0.2, 0.25) is 11.0 Å². The lowest BCUT2D eigenvalue weighted by Gasteiger charge is -2.41. The third kappa shape index (κ3) is 1.43. The second kappa shape index (κ2) is 3.84. The smallest absolute Gasteiger partial charge is 0.236 e. The van der Waals surface area contributed by atoms with Crippen molar-refractivity contribution in [1.82, 2.24) is 4.90 Å². The second-order valence-electron chi connectivity index (χ2n) is 3.44. The summed E-state index contributed by atoms with van der Waals surface area (Å²) >= 11 is 5.26.